The van der Waals surface area contributed by atoms with Crippen molar-refractivity contribution in [1.29, 1.82) is 10.5 Å². The first-order valence-electron chi connectivity index (χ1n) is 3.79. The number of nitrogens with zero attached hydrogens (tertiary/aromatic N) is 3. The molecule has 8 nitrogen and oxygen atoms in total. The number of nitrogens with two attached hydrogens (primary N) is 1. The molecule has 1 rings (SSSR count). The molecule has 0 aliphatic heterocycles. The normalized spacial score (nSPS) is 7.69. The topological polar surface area (TPSA) is 149 Å². The number of hydrazine groups is 1. The lowest BCUT2D eigenvalue weighted by Gasteiger charge is -2.00. The van der Waals surface area contributed by atoms with E-state index in [9.17, 15) is 0 Å². The third-order valence-corrected chi connectivity index (χ3v) is 1.42. The van der Waals surface area contributed by atoms with Crippen molar-refractivity contribution >= 4 is 5.69 Å². The van der Waals surface area contributed by atoms with Crippen molar-refractivity contribution in [2.24, 2.45) is 5.84 Å². The summed E-state index contributed by atoms with van der Waals surface area (Å²) >= 11 is 0. The maximum Gasteiger partial charge on any atom is 0.291 e. The minimum Gasteiger partial charge on any atom is -0.328 e. The molecule has 16 heavy (non-hydrogen) atoms. The first-order chi connectivity index (χ1) is 7.54. The van der Waals surface area contributed by atoms with E-state index in [0.29, 0.717) is 16.8 Å². The van der Waals surface area contributed by atoms with Crippen LogP contribution >= 0.6 is 0 Å². The second kappa shape index (κ2) is 6.59. The summed E-state index contributed by atoms with van der Waals surface area (Å²) < 4.78 is 0. The van der Waals surface area contributed by atoms with Crippen LogP contribution in [0.15, 0.2) is 18.2 Å². The number of nitrogens with one attached hydrogen (secondary N) is 1. The summed E-state index contributed by atoms with van der Waals surface area (Å²) in [4.78, 5) is 8.36. The molecule has 0 bridgehead atoms. The third kappa shape index (κ3) is 4.41. The number of nitriles is 2. The fraction of sp³-hybridized carbons (Fsp3) is 0. The maximum absolute atomic E-state index is 8.61. The number of anilines is 1. The maximum atomic E-state index is 8.61. The average molecular weight is 221 g/mol. The number of benzene rings is 1. The molecule has 0 heterocycles. The van der Waals surface area contributed by atoms with Crippen LogP contribution in [0.1, 0.15) is 11.1 Å². The minimum atomic E-state index is -1.50. The second-order valence-corrected chi connectivity index (χ2v) is 2.37. The molecule has 1 aromatic carbocycles. The fourth-order valence-electron chi connectivity index (χ4n) is 0.832. The molecule has 4 N–H and O–H groups in total. The van der Waals surface area contributed by atoms with E-state index in [4.69, 9.17) is 31.7 Å². The van der Waals surface area contributed by atoms with Gasteiger partial charge in [-0.15, -0.1) is 10.1 Å². The Morgan fingerprint density at radius 2 is 2.00 bits per heavy atom. The van der Waals surface area contributed by atoms with Crippen LogP contribution in [0.25, 0.3) is 0 Å². The van der Waals surface area contributed by atoms with Gasteiger partial charge in [0.2, 0.25) is 0 Å². The van der Waals surface area contributed by atoms with E-state index in [2.05, 4.69) is 5.43 Å². The van der Waals surface area contributed by atoms with Crippen LogP contribution in [0, 0.1) is 32.8 Å². The molecular formula is C8H7N5O3. The van der Waals surface area contributed by atoms with E-state index in [0.717, 1.165) is 0 Å². The van der Waals surface area contributed by atoms with Gasteiger partial charge in [-0.2, -0.15) is 10.5 Å². The van der Waals surface area contributed by atoms with Crippen molar-refractivity contribution in [3.63, 3.8) is 0 Å². The number of hydrogen-bond donors (Lipinski definition) is 3. The van der Waals surface area contributed by atoms with Gasteiger partial charge in [0.1, 0.15) is 6.07 Å². The number of rotatable bonds is 1. The standard InChI is InChI=1S/C8H6N4.HNO3/c9-4-6-1-2-8(12-11)7(3-6)5-10;2-1(3)4/h1-3,12H,11H2;(H,2,3,4). The SMILES string of the molecule is N#Cc1ccc(NN)c(C#N)c1.O=[N+]([O-])O. The molecule has 0 spiro atoms. The molecule has 0 aliphatic rings. The Balaban J connectivity index is 0.000000487. The van der Waals surface area contributed by atoms with Gasteiger partial charge in [-0.1, -0.05) is 0 Å². The Bertz CT molecular complexity index is 456. The van der Waals surface area contributed by atoms with Gasteiger partial charge in [-0.3, -0.25) is 5.84 Å². The van der Waals surface area contributed by atoms with Gasteiger partial charge in [0, 0.05) is 0 Å². The molecule has 0 aliphatic carbocycles. The predicted octanol–water partition coefficient (Wildman–Crippen LogP) is 0.368. The highest BCUT2D eigenvalue weighted by molar-refractivity contribution is 5.59. The van der Waals surface area contributed by atoms with Crippen LogP contribution in [-0.4, -0.2) is 10.3 Å². The zero-order chi connectivity index (χ0) is 12.6. The van der Waals surface area contributed by atoms with Gasteiger partial charge in [0.15, 0.2) is 0 Å². The van der Waals surface area contributed by atoms with E-state index in [1.807, 2.05) is 12.1 Å². The highest BCUT2D eigenvalue weighted by Crippen LogP contribution is 2.14. The summed E-state index contributed by atoms with van der Waals surface area (Å²) in [6.45, 7) is 0. The number of nitrogen functional groups attached to an aromatic ring is 1. The molecule has 1 aromatic rings. The van der Waals surface area contributed by atoms with Gasteiger partial charge >= 0.3 is 0 Å². The van der Waals surface area contributed by atoms with E-state index in [1.165, 1.54) is 6.07 Å². The summed E-state index contributed by atoms with van der Waals surface area (Å²) in [5, 5.41) is 30.8. The van der Waals surface area contributed by atoms with Crippen molar-refractivity contribution in [3.05, 3.63) is 39.4 Å². The monoisotopic (exact) mass is 221 g/mol. The zero-order valence-electron chi connectivity index (χ0n) is 7.91. The van der Waals surface area contributed by atoms with Gasteiger partial charge in [-0.25, -0.2) is 0 Å². The molecule has 0 radical (unpaired) electrons. The van der Waals surface area contributed by atoms with Crippen molar-refractivity contribution in [3.8, 4) is 12.1 Å². The quantitative estimate of drug-likeness (QED) is 0.352. The lowest BCUT2D eigenvalue weighted by Crippen LogP contribution is -2.08. The second-order valence-electron chi connectivity index (χ2n) is 2.37. The van der Waals surface area contributed by atoms with E-state index < -0.39 is 5.09 Å². The molecule has 8 heteroatoms. The van der Waals surface area contributed by atoms with Crippen LogP contribution in [0.3, 0.4) is 0 Å². The molecule has 0 saturated heterocycles. The first kappa shape index (κ1) is 13.2. The number of hydrogen-bond acceptors (Lipinski definition) is 6. The first-order valence-corrected chi connectivity index (χ1v) is 3.79. The third-order valence-electron chi connectivity index (χ3n) is 1.42. The summed E-state index contributed by atoms with van der Waals surface area (Å²) in [5.74, 6) is 5.13. The van der Waals surface area contributed by atoms with Gasteiger partial charge in [0.05, 0.1) is 22.9 Å². The lowest BCUT2D eigenvalue weighted by molar-refractivity contribution is -0.742. The van der Waals surface area contributed by atoms with Crippen molar-refractivity contribution in [2.75, 3.05) is 5.43 Å². The van der Waals surface area contributed by atoms with Crippen LogP contribution in [-0.2, 0) is 0 Å². The zero-order valence-corrected chi connectivity index (χ0v) is 7.91. The molecule has 0 unspecified atom stereocenters. The molecule has 0 amide bonds. The van der Waals surface area contributed by atoms with E-state index in [1.54, 1.807) is 12.1 Å². The van der Waals surface area contributed by atoms with Crippen molar-refractivity contribution in [1.82, 2.24) is 0 Å². The van der Waals surface area contributed by atoms with Crippen LogP contribution < -0.4 is 11.3 Å². The summed E-state index contributed by atoms with van der Waals surface area (Å²) in [7, 11) is 0. The van der Waals surface area contributed by atoms with Gasteiger partial charge in [0.25, 0.3) is 5.09 Å². The lowest BCUT2D eigenvalue weighted by atomic mass is 10.1. The minimum absolute atomic E-state index is 0.372. The van der Waals surface area contributed by atoms with Gasteiger partial charge in [-0.05, 0) is 18.2 Å². The fourth-order valence-corrected chi connectivity index (χ4v) is 0.832. The van der Waals surface area contributed by atoms with Crippen molar-refractivity contribution < 1.29 is 10.3 Å². The Labute approximate surface area is 90.2 Å². The Hall–Kier alpha value is -2.84. The predicted molar refractivity (Wildman–Crippen MR) is 52.5 cm³/mol. The molecule has 0 aromatic heterocycles. The Kier molecular flexibility index (Phi) is 5.42. The van der Waals surface area contributed by atoms with E-state index in [-0.39, 0.29) is 0 Å². The smallest absolute Gasteiger partial charge is 0.291 e. The van der Waals surface area contributed by atoms with Crippen LogP contribution in [0.2, 0.25) is 0 Å². The summed E-state index contributed by atoms with van der Waals surface area (Å²) in [6.07, 6.45) is 0. The Morgan fingerprint density at radius 1 is 1.44 bits per heavy atom. The Morgan fingerprint density at radius 3 is 2.38 bits per heavy atom. The molecule has 0 atom stereocenters. The summed E-state index contributed by atoms with van der Waals surface area (Å²) in [6, 6.07) is 8.53. The summed E-state index contributed by atoms with van der Waals surface area (Å²) in [5.41, 5.74) is 3.71. The average Bonchev–Trinajstić information content (AvgIpc) is 2.27. The largest absolute Gasteiger partial charge is 0.328 e. The molecule has 0 fully saturated rings. The highest BCUT2D eigenvalue weighted by atomic mass is 16.9. The van der Waals surface area contributed by atoms with Gasteiger partial charge < -0.3 is 10.6 Å². The van der Waals surface area contributed by atoms with Crippen LogP contribution in [0.4, 0.5) is 5.69 Å². The highest BCUT2D eigenvalue weighted by Gasteiger charge is 2.00. The molecular weight excluding hydrogens is 214 g/mol. The van der Waals surface area contributed by atoms with Crippen molar-refractivity contribution in [2.45, 2.75) is 0 Å². The van der Waals surface area contributed by atoms with Crippen LogP contribution in [0.5, 0.6) is 0 Å². The molecule has 82 valence electrons. The molecule has 0 saturated carbocycles. The van der Waals surface area contributed by atoms with E-state index >= 15 is 0 Å².